The number of piperidine rings is 1. The fraction of sp³-hybridized carbons (Fsp3) is 0.684. The summed E-state index contributed by atoms with van der Waals surface area (Å²) in [5.41, 5.74) is 1.32. The Kier molecular flexibility index (Phi) is 6.52. The molecule has 2 aromatic heterocycles. The maximum absolute atomic E-state index is 12.7. The van der Waals surface area contributed by atoms with E-state index in [1.54, 1.807) is 6.33 Å². The minimum atomic E-state index is -0.0435. The number of hydrogen-bond donors (Lipinski definition) is 2. The van der Waals surface area contributed by atoms with Gasteiger partial charge in [-0.15, -0.1) is 0 Å². The molecule has 1 saturated heterocycles. The van der Waals surface area contributed by atoms with Crippen molar-refractivity contribution in [3.63, 3.8) is 0 Å². The van der Waals surface area contributed by atoms with E-state index in [0.29, 0.717) is 18.1 Å². The molecule has 148 valence electrons. The van der Waals surface area contributed by atoms with Gasteiger partial charge in [-0.25, -0.2) is 4.98 Å². The molecule has 2 aromatic rings. The number of halogens is 1. The van der Waals surface area contributed by atoms with Crippen LogP contribution in [0.5, 0.6) is 0 Å². The van der Waals surface area contributed by atoms with Gasteiger partial charge in [0.2, 0.25) is 11.2 Å². The second-order valence-electron chi connectivity index (χ2n) is 7.94. The summed E-state index contributed by atoms with van der Waals surface area (Å²) in [4.78, 5) is 30.6. The predicted molar refractivity (Wildman–Crippen MR) is 108 cm³/mol. The zero-order chi connectivity index (χ0) is 19.4. The number of nitrogens with zero attached hydrogens (tertiary/aromatic N) is 4. The average Bonchev–Trinajstić information content (AvgIpc) is 3.09. The van der Waals surface area contributed by atoms with Crippen molar-refractivity contribution in [2.75, 3.05) is 18.0 Å². The number of anilines is 1. The first kappa shape index (κ1) is 19.9. The highest BCUT2D eigenvalue weighted by Crippen LogP contribution is 2.27. The largest absolute Gasteiger partial charge is 0.354 e. The van der Waals surface area contributed by atoms with E-state index in [1.165, 1.54) is 6.42 Å². The Hall–Kier alpha value is -1.89. The number of hydrogen-bond acceptors (Lipinski definition) is 5. The number of nitrogens with one attached hydrogen (secondary N) is 2. The van der Waals surface area contributed by atoms with Crippen LogP contribution in [0.3, 0.4) is 0 Å². The third-order valence-electron chi connectivity index (χ3n) is 5.14. The van der Waals surface area contributed by atoms with Crippen molar-refractivity contribution >= 4 is 34.5 Å². The summed E-state index contributed by atoms with van der Waals surface area (Å²) in [6.45, 7) is 8.03. The highest BCUT2D eigenvalue weighted by atomic mass is 35.5. The van der Waals surface area contributed by atoms with E-state index in [1.807, 2.05) is 0 Å². The van der Waals surface area contributed by atoms with Crippen LogP contribution in [0.2, 0.25) is 5.28 Å². The number of carbonyl (C=O) groups excluding carboxylic acids is 1. The summed E-state index contributed by atoms with van der Waals surface area (Å²) >= 11 is 6.06. The Balaban J connectivity index is 1.62. The summed E-state index contributed by atoms with van der Waals surface area (Å²) in [5, 5.41) is 3.37. The quantitative estimate of drug-likeness (QED) is 0.703. The lowest BCUT2D eigenvalue weighted by Gasteiger charge is -2.33. The minimum Gasteiger partial charge on any atom is -0.354 e. The molecule has 1 amide bonds. The van der Waals surface area contributed by atoms with Crippen molar-refractivity contribution in [1.82, 2.24) is 25.3 Å². The Labute approximate surface area is 165 Å². The first-order valence-corrected chi connectivity index (χ1v) is 10.2. The second kappa shape index (κ2) is 8.87. The molecule has 3 rings (SSSR count). The van der Waals surface area contributed by atoms with Gasteiger partial charge in [0.15, 0.2) is 11.5 Å². The molecule has 0 spiro atoms. The first-order valence-electron chi connectivity index (χ1n) is 9.86. The molecule has 2 N–H and O–H groups in total. The van der Waals surface area contributed by atoms with Crippen LogP contribution in [-0.4, -0.2) is 45.0 Å². The van der Waals surface area contributed by atoms with Crippen LogP contribution in [0, 0.1) is 11.8 Å². The normalized spacial score (nSPS) is 18.9. The standard InChI is InChI=1S/C19H29ClN6O/c1-12(2)6-4-7-13(3)23-18(27)14-8-5-9-26(10-14)17-15-16(22-11-21-15)24-19(20)25-17/h11-14H,4-10H2,1-3H3,(H,23,27)(H,21,22,24,25)/t13-,14-/m0/s1. The summed E-state index contributed by atoms with van der Waals surface area (Å²) in [6.07, 6.45) is 6.80. The molecule has 0 bridgehead atoms. The third-order valence-corrected chi connectivity index (χ3v) is 5.31. The molecule has 0 saturated carbocycles. The van der Waals surface area contributed by atoms with E-state index in [2.05, 4.69) is 50.9 Å². The van der Waals surface area contributed by atoms with Gasteiger partial charge in [-0.05, 0) is 43.7 Å². The van der Waals surface area contributed by atoms with Crippen molar-refractivity contribution in [3.05, 3.63) is 11.6 Å². The van der Waals surface area contributed by atoms with Gasteiger partial charge in [0.05, 0.1) is 12.2 Å². The van der Waals surface area contributed by atoms with Gasteiger partial charge in [0.1, 0.15) is 5.52 Å². The Morgan fingerprint density at radius 3 is 2.96 bits per heavy atom. The zero-order valence-electron chi connectivity index (χ0n) is 16.3. The van der Waals surface area contributed by atoms with Gasteiger partial charge >= 0.3 is 0 Å². The van der Waals surface area contributed by atoms with Crippen LogP contribution in [0.25, 0.3) is 11.2 Å². The van der Waals surface area contributed by atoms with Crippen LogP contribution < -0.4 is 10.2 Å². The summed E-state index contributed by atoms with van der Waals surface area (Å²) in [5.74, 6) is 1.53. The minimum absolute atomic E-state index is 0.0435. The van der Waals surface area contributed by atoms with Crippen molar-refractivity contribution in [3.8, 4) is 0 Å². The zero-order valence-corrected chi connectivity index (χ0v) is 17.1. The second-order valence-corrected chi connectivity index (χ2v) is 8.28. The number of carbonyl (C=O) groups is 1. The van der Waals surface area contributed by atoms with Crippen LogP contribution >= 0.6 is 11.6 Å². The maximum Gasteiger partial charge on any atom is 0.226 e. The van der Waals surface area contributed by atoms with E-state index in [0.717, 1.165) is 43.6 Å². The lowest BCUT2D eigenvalue weighted by Crippen LogP contribution is -2.45. The van der Waals surface area contributed by atoms with E-state index < -0.39 is 0 Å². The van der Waals surface area contributed by atoms with Crippen LogP contribution in [0.1, 0.15) is 52.9 Å². The number of aromatic amines is 1. The van der Waals surface area contributed by atoms with E-state index >= 15 is 0 Å². The highest BCUT2D eigenvalue weighted by molar-refractivity contribution is 6.28. The summed E-state index contributed by atoms with van der Waals surface area (Å²) < 4.78 is 0. The smallest absolute Gasteiger partial charge is 0.226 e. The molecule has 7 nitrogen and oxygen atoms in total. The molecule has 1 aliphatic heterocycles. The molecule has 0 radical (unpaired) electrons. The van der Waals surface area contributed by atoms with Crippen molar-refractivity contribution in [2.24, 2.45) is 11.8 Å². The van der Waals surface area contributed by atoms with Crippen molar-refractivity contribution in [2.45, 2.75) is 58.9 Å². The van der Waals surface area contributed by atoms with Gasteiger partial charge in [-0.2, -0.15) is 9.97 Å². The number of imidazole rings is 1. The number of aromatic nitrogens is 4. The summed E-state index contributed by atoms with van der Waals surface area (Å²) in [6, 6.07) is 0.208. The van der Waals surface area contributed by atoms with Gasteiger partial charge in [0, 0.05) is 19.1 Å². The number of rotatable bonds is 7. The maximum atomic E-state index is 12.7. The molecule has 0 aromatic carbocycles. The predicted octanol–water partition coefficient (Wildman–Crippen LogP) is 3.55. The molecule has 2 atom stereocenters. The topological polar surface area (TPSA) is 86.8 Å². The van der Waals surface area contributed by atoms with Crippen molar-refractivity contribution in [1.29, 1.82) is 0 Å². The lowest BCUT2D eigenvalue weighted by atomic mass is 9.96. The molecule has 8 heteroatoms. The van der Waals surface area contributed by atoms with Gasteiger partial charge in [-0.1, -0.05) is 26.7 Å². The van der Waals surface area contributed by atoms with Gasteiger partial charge in [0.25, 0.3) is 0 Å². The van der Waals surface area contributed by atoms with Crippen LogP contribution in [0.15, 0.2) is 6.33 Å². The van der Waals surface area contributed by atoms with E-state index in [4.69, 9.17) is 11.6 Å². The SMILES string of the molecule is CC(C)CCC[C@H](C)NC(=O)[C@H]1CCCN(c2nc(Cl)nc3nc[nH]c23)C1. The van der Waals surface area contributed by atoms with Crippen LogP contribution in [-0.2, 0) is 4.79 Å². The molecular weight excluding hydrogens is 364 g/mol. The molecule has 0 aliphatic carbocycles. The van der Waals surface area contributed by atoms with E-state index in [-0.39, 0.29) is 23.2 Å². The van der Waals surface area contributed by atoms with Crippen LogP contribution in [0.4, 0.5) is 5.82 Å². The molecule has 1 aliphatic rings. The Bertz CT molecular complexity index is 777. The number of fused-ring (bicyclic) bond motifs is 1. The summed E-state index contributed by atoms with van der Waals surface area (Å²) in [7, 11) is 0. The first-order chi connectivity index (χ1) is 12.9. The molecule has 27 heavy (non-hydrogen) atoms. The highest BCUT2D eigenvalue weighted by Gasteiger charge is 2.28. The molecule has 1 fully saturated rings. The monoisotopic (exact) mass is 392 g/mol. The molecular formula is C19H29ClN6O. The fourth-order valence-electron chi connectivity index (χ4n) is 3.67. The van der Waals surface area contributed by atoms with Crippen molar-refractivity contribution < 1.29 is 4.79 Å². The lowest BCUT2D eigenvalue weighted by molar-refractivity contribution is -0.125. The Morgan fingerprint density at radius 1 is 1.37 bits per heavy atom. The van der Waals surface area contributed by atoms with Gasteiger partial charge < -0.3 is 15.2 Å². The fourth-order valence-corrected chi connectivity index (χ4v) is 3.83. The average molecular weight is 393 g/mol. The third kappa shape index (κ3) is 5.09. The van der Waals surface area contributed by atoms with Gasteiger partial charge in [-0.3, -0.25) is 4.79 Å². The Morgan fingerprint density at radius 2 is 2.19 bits per heavy atom. The molecule has 3 heterocycles. The molecule has 0 unspecified atom stereocenters. The number of H-pyrrole nitrogens is 1. The number of amides is 1. The van der Waals surface area contributed by atoms with E-state index in [9.17, 15) is 4.79 Å².